The Balaban J connectivity index is 2.21. The SMILES string of the molecule is COc1cc(C)cc(N(OC)c2nc(-c3ccc(Cl)cc3)c(C(N)=O)s2)c1[N+](=O)[O-]. The van der Waals surface area contributed by atoms with Crippen LogP contribution in [-0.4, -0.2) is 30.0 Å². The van der Waals surface area contributed by atoms with Crippen LogP contribution in [0.25, 0.3) is 11.3 Å². The number of hydrogen-bond acceptors (Lipinski definition) is 8. The van der Waals surface area contributed by atoms with E-state index in [1.165, 1.54) is 19.3 Å². The number of methoxy groups -OCH3 is 1. The number of nitro groups is 1. The first-order chi connectivity index (χ1) is 14.3. The zero-order valence-corrected chi connectivity index (χ0v) is 17.8. The van der Waals surface area contributed by atoms with Crippen LogP contribution in [0.5, 0.6) is 5.75 Å². The van der Waals surface area contributed by atoms with Gasteiger partial charge >= 0.3 is 5.69 Å². The summed E-state index contributed by atoms with van der Waals surface area (Å²) in [6, 6.07) is 9.82. The maximum absolute atomic E-state index is 12.0. The summed E-state index contributed by atoms with van der Waals surface area (Å²) in [5.74, 6) is -0.613. The van der Waals surface area contributed by atoms with Crippen molar-refractivity contribution in [3.8, 4) is 17.0 Å². The maximum atomic E-state index is 12.0. The average molecular weight is 449 g/mol. The van der Waals surface area contributed by atoms with Gasteiger partial charge in [0, 0.05) is 10.6 Å². The smallest absolute Gasteiger partial charge is 0.336 e. The van der Waals surface area contributed by atoms with Gasteiger partial charge in [-0.2, -0.15) is 5.06 Å². The van der Waals surface area contributed by atoms with Crippen LogP contribution >= 0.6 is 22.9 Å². The Morgan fingerprint density at radius 3 is 2.47 bits per heavy atom. The second-order valence-electron chi connectivity index (χ2n) is 6.11. The van der Waals surface area contributed by atoms with Gasteiger partial charge in [0.2, 0.25) is 5.13 Å². The molecule has 3 rings (SSSR count). The molecule has 0 bridgehead atoms. The van der Waals surface area contributed by atoms with Gasteiger partial charge in [0.15, 0.2) is 11.4 Å². The van der Waals surface area contributed by atoms with Gasteiger partial charge < -0.3 is 10.5 Å². The molecule has 0 spiro atoms. The Bertz CT molecular complexity index is 1120. The van der Waals surface area contributed by atoms with Crippen LogP contribution in [-0.2, 0) is 4.84 Å². The van der Waals surface area contributed by atoms with Crippen molar-refractivity contribution in [3.63, 3.8) is 0 Å². The molecule has 0 saturated carbocycles. The van der Waals surface area contributed by atoms with Gasteiger partial charge in [-0.25, -0.2) is 4.98 Å². The van der Waals surface area contributed by atoms with E-state index in [9.17, 15) is 14.9 Å². The summed E-state index contributed by atoms with van der Waals surface area (Å²) in [6.45, 7) is 1.76. The number of nitrogens with two attached hydrogens (primary N) is 1. The van der Waals surface area contributed by atoms with Gasteiger partial charge in [0.25, 0.3) is 5.91 Å². The Labute approximate surface area is 180 Å². The van der Waals surface area contributed by atoms with Crippen molar-refractivity contribution < 1.29 is 19.3 Å². The van der Waals surface area contributed by atoms with E-state index in [-0.39, 0.29) is 27.1 Å². The van der Waals surface area contributed by atoms with Crippen molar-refractivity contribution >= 4 is 45.4 Å². The molecular formula is C19H17ClN4O5S. The van der Waals surface area contributed by atoms with E-state index in [2.05, 4.69) is 4.98 Å². The van der Waals surface area contributed by atoms with Crippen molar-refractivity contribution in [2.45, 2.75) is 6.92 Å². The van der Waals surface area contributed by atoms with Gasteiger partial charge in [-0.05, 0) is 36.8 Å². The van der Waals surface area contributed by atoms with Crippen LogP contribution in [0.4, 0.5) is 16.5 Å². The molecule has 156 valence electrons. The second-order valence-corrected chi connectivity index (χ2v) is 7.53. The number of carbonyl (C=O) groups excluding carboxylic acids is 1. The number of carbonyl (C=O) groups is 1. The zero-order chi connectivity index (χ0) is 22.0. The van der Waals surface area contributed by atoms with E-state index < -0.39 is 10.8 Å². The van der Waals surface area contributed by atoms with Crippen LogP contribution in [0.2, 0.25) is 5.02 Å². The number of benzene rings is 2. The first kappa shape index (κ1) is 21.5. The first-order valence-electron chi connectivity index (χ1n) is 8.50. The highest BCUT2D eigenvalue weighted by Crippen LogP contribution is 2.43. The molecule has 1 amide bonds. The maximum Gasteiger partial charge on any atom is 0.336 e. The molecule has 0 unspecified atom stereocenters. The lowest BCUT2D eigenvalue weighted by atomic mass is 10.1. The monoisotopic (exact) mass is 448 g/mol. The van der Waals surface area contributed by atoms with Gasteiger partial charge in [-0.1, -0.05) is 35.1 Å². The van der Waals surface area contributed by atoms with E-state index in [1.807, 2.05) is 0 Å². The molecule has 2 aromatic carbocycles. The highest BCUT2D eigenvalue weighted by molar-refractivity contribution is 7.18. The summed E-state index contributed by atoms with van der Waals surface area (Å²) in [7, 11) is 2.68. The number of ether oxygens (including phenoxy) is 1. The first-order valence-corrected chi connectivity index (χ1v) is 9.70. The summed E-state index contributed by atoms with van der Waals surface area (Å²) in [6.07, 6.45) is 0. The number of rotatable bonds is 7. The fourth-order valence-corrected chi connectivity index (χ4v) is 3.93. The summed E-state index contributed by atoms with van der Waals surface area (Å²) >= 11 is 6.89. The third-order valence-corrected chi connectivity index (χ3v) is 5.42. The highest BCUT2D eigenvalue weighted by Gasteiger charge is 2.30. The minimum absolute atomic E-state index is 0.0710. The number of nitro benzene ring substituents is 1. The Morgan fingerprint density at radius 1 is 1.27 bits per heavy atom. The fourth-order valence-electron chi connectivity index (χ4n) is 2.87. The van der Waals surface area contributed by atoms with Gasteiger partial charge in [-0.3, -0.25) is 19.7 Å². The number of amides is 1. The topological polar surface area (TPSA) is 121 Å². The molecule has 3 aromatic rings. The number of thiazole rings is 1. The molecule has 0 fully saturated rings. The normalized spacial score (nSPS) is 10.7. The third-order valence-electron chi connectivity index (χ3n) is 4.13. The van der Waals surface area contributed by atoms with Crippen molar-refractivity contribution in [2.75, 3.05) is 19.3 Å². The number of aromatic nitrogens is 1. The Hall–Kier alpha value is -3.21. The predicted octanol–water partition coefficient (Wildman–Crippen LogP) is 4.49. The van der Waals surface area contributed by atoms with Gasteiger partial charge in [0.1, 0.15) is 4.88 Å². The molecule has 11 heteroatoms. The molecule has 0 aliphatic carbocycles. The molecular weight excluding hydrogens is 432 g/mol. The number of nitrogens with zero attached hydrogens (tertiary/aromatic N) is 3. The van der Waals surface area contributed by atoms with E-state index in [1.54, 1.807) is 43.3 Å². The number of primary amides is 1. The quantitative estimate of drug-likeness (QED) is 0.417. The summed E-state index contributed by atoms with van der Waals surface area (Å²) < 4.78 is 5.18. The lowest BCUT2D eigenvalue weighted by molar-refractivity contribution is -0.385. The van der Waals surface area contributed by atoms with Crippen LogP contribution < -0.4 is 15.5 Å². The molecule has 0 aliphatic heterocycles. The lowest BCUT2D eigenvalue weighted by Gasteiger charge is -2.19. The van der Waals surface area contributed by atoms with Gasteiger partial charge in [0.05, 0.1) is 24.8 Å². The number of anilines is 2. The Kier molecular flexibility index (Phi) is 6.20. The van der Waals surface area contributed by atoms with Crippen molar-refractivity contribution in [1.29, 1.82) is 0 Å². The molecule has 0 saturated heterocycles. The number of aryl methyl sites for hydroxylation is 1. The highest BCUT2D eigenvalue weighted by atomic mass is 35.5. The average Bonchev–Trinajstić information content (AvgIpc) is 3.13. The minimum Gasteiger partial charge on any atom is -0.490 e. The molecule has 9 nitrogen and oxygen atoms in total. The molecule has 0 aliphatic rings. The Morgan fingerprint density at radius 2 is 1.93 bits per heavy atom. The fraction of sp³-hybridized carbons (Fsp3) is 0.158. The number of halogens is 1. The van der Waals surface area contributed by atoms with Crippen molar-refractivity contribution in [3.05, 3.63) is 62.0 Å². The molecule has 30 heavy (non-hydrogen) atoms. The molecule has 2 N–H and O–H groups in total. The largest absolute Gasteiger partial charge is 0.490 e. The summed E-state index contributed by atoms with van der Waals surface area (Å²) in [4.78, 5) is 33.3. The van der Waals surface area contributed by atoms with Crippen LogP contribution in [0.15, 0.2) is 36.4 Å². The van der Waals surface area contributed by atoms with Crippen LogP contribution in [0.1, 0.15) is 15.2 Å². The van der Waals surface area contributed by atoms with E-state index in [4.69, 9.17) is 26.9 Å². The van der Waals surface area contributed by atoms with Crippen molar-refractivity contribution in [2.24, 2.45) is 5.73 Å². The summed E-state index contributed by atoms with van der Waals surface area (Å²) in [5.41, 5.74) is 6.99. The molecule has 0 radical (unpaired) electrons. The van der Waals surface area contributed by atoms with E-state index in [0.717, 1.165) is 11.3 Å². The second kappa shape index (κ2) is 8.66. The van der Waals surface area contributed by atoms with Crippen LogP contribution in [0.3, 0.4) is 0 Å². The van der Waals surface area contributed by atoms with Crippen molar-refractivity contribution in [1.82, 2.24) is 4.98 Å². The molecule has 0 atom stereocenters. The lowest BCUT2D eigenvalue weighted by Crippen LogP contribution is -2.17. The third kappa shape index (κ3) is 4.06. The summed E-state index contributed by atoms with van der Waals surface area (Å²) in [5, 5.41) is 13.6. The number of hydrogen-bond donors (Lipinski definition) is 1. The van der Waals surface area contributed by atoms with Gasteiger partial charge in [-0.15, -0.1) is 0 Å². The predicted molar refractivity (Wildman–Crippen MR) is 115 cm³/mol. The standard InChI is InChI=1S/C19H17ClN4O5S/c1-10-8-13(16(24(26)27)14(9-10)28-2)23(29-3)19-22-15(17(30-19)18(21)25)11-4-6-12(20)7-5-11/h4-9H,1-3H3,(H2,21,25). The minimum atomic E-state index is -0.684. The van der Waals surface area contributed by atoms with E-state index in [0.29, 0.717) is 21.8 Å². The molecule has 1 aromatic heterocycles. The molecule has 1 heterocycles. The van der Waals surface area contributed by atoms with E-state index >= 15 is 0 Å². The zero-order valence-electron chi connectivity index (χ0n) is 16.2. The van der Waals surface area contributed by atoms with Crippen LogP contribution in [0, 0.1) is 17.0 Å².